The number of esters is 1. The van der Waals surface area contributed by atoms with Crippen LogP contribution in [-0.4, -0.2) is 35.4 Å². The third-order valence-electron chi connectivity index (χ3n) is 4.61. The van der Waals surface area contributed by atoms with Crippen LogP contribution in [0.15, 0.2) is 36.5 Å². The molecule has 25 heavy (non-hydrogen) atoms. The van der Waals surface area contributed by atoms with E-state index in [9.17, 15) is 9.59 Å². The van der Waals surface area contributed by atoms with E-state index in [4.69, 9.17) is 10.5 Å². The predicted molar refractivity (Wildman–Crippen MR) is 94.2 cm³/mol. The number of aromatic nitrogens is 1. The molecule has 1 atom stereocenters. The van der Waals surface area contributed by atoms with Gasteiger partial charge >= 0.3 is 5.97 Å². The number of carbonyl (C=O) groups excluding carboxylic acids is 2. The molecule has 0 radical (unpaired) electrons. The number of rotatable bonds is 3. The van der Waals surface area contributed by atoms with Gasteiger partial charge in [-0.1, -0.05) is 6.07 Å². The van der Waals surface area contributed by atoms with Crippen molar-refractivity contribution in [3.63, 3.8) is 0 Å². The maximum Gasteiger partial charge on any atom is 0.337 e. The second-order valence-electron chi connectivity index (χ2n) is 6.16. The van der Waals surface area contributed by atoms with Gasteiger partial charge in [0.15, 0.2) is 5.69 Å². The number of nitrogen functional groups attached to an aromatic ring is 1. The lowest BCUT2D eigenvalue weighted by Gasteiger charge is -2.26. The van der Waals surface area contributed by atoms with Gasteiger partial charge in [0.05, 0.1) is 24.4 Å². The summed E-state index contributed by atoms with van der Waals surface area (Å²) in [6, 6.07) is 8.80. The van der Waals surface area contributed by atoms with Crippen LogP contribution in [0, 0.1) is 6.92 Å². The number of methoxy groups -OCH3 is 1. The Morgan fingerprint density at radius 1 is 1.32 bits per heavy atom. The summed E-state index contributed by atoms with van der Waals surface area (Å²) in [6.07, 6.45) is 3.36. The van der Waals surface area contributed by atoms with Gasteiger partial charge in [0, 0.05) is 12.7 Å². The molecule has 2 heterocycles. The zero-order valence-corrected chi connectivity index (χ0v) is 14.4. The van der Waals surface area contributed by atoms with Crippen molar-refractivity contribution >= 4 is 17.6 Å². The number of nitrogens with zero attached hydrogens (tertiary/aromatic N) is 2. The van der Waals surface area contributed by atoms with Gasteiger partial charge in [-0.3, -0.25) is 4.79 Å². The quantitative estimate of drug-likeness (QED) is 0.869. The van der Waals surface area contributed by atoms with Crippen LogP contribution in [0.1, 0.15) is 50.9 Å². The van der Waals surface area contributed by atoms with Crippen LogP contribution in [0.4, 0.5) is 5.69 Å². The molecular formula is C19H21N3O3. The van der Waals surface area contributed by atoms with E-state index >= 15 is 0 Å². The molecule has 0 unspecified atom stereocenters. The molecule has 1 aromatic heterocycles. The van der Waals surface area contributed by atoms with Gasteiger partial charge < -0.3 is 15.4 Å². The average molecular weight is 339 g/mol. The summed E-state index contributed by atoms with van der Waals surface area (Å²) in [6.45, 7) is 2.61. The summed E-state index contributed by atoms with van der Waals surface area (Å²) in [5.41, 5.74) is 9.09. The number of anilines is 1. The van der Waals surface area contributed by atoms with Crippen molar-refractivity contribution in [2.75, 3.05) is 19.4 Å². The van der Waals surface area contributed by atoms with Crippen LogP contribution in [0.2, 0.25) is 0 Å². The van der Waals surface area contributed by atoms with Crippen molar-refractivity contribution in [1.29, 1.82) is 0 Å². The number of aryl methyl sites for hydroxylation is 1. The van der Waals surface area contributed by atoms with Crippen LogP contribution in [-0.2, 0) is 4.74 Å². The fourth-order valence-corrected chi connectivity index (χ4v) is 3.36. The van der Waals surface area contributed by atoms with Gasteiger partial charge in [-0.05, 0) is 55.2 Å². The summed E-state index contributed by atoms with van der Waals surface area (Å²) >= 11 is 0. The number of nitrogens with two attached hydrogens (primary N) is 1. The Morgan fingerprint density at radius 3 is 2.80 bits per heavy atom. The van der Waals surface area contributed by atoms with Crippen molar-refractivity contribution < 1.29 is 14.3 Å². The standard InChI is InChI=1S/C19H21N3O3/c1-12-11-13(19(24)25-2)7-8-14(12)16-6-4-10-22(16)18(23)17-15(20)5-3-9-21-17/h3,5,7-9,11,16H,4,6,10,20H2,1-2H3/t16-/m1/s1. The van der Waals surface area contributed by atoms with E-state index in [-0.39, 0.29) is 17.9 Å². The average Bonchev–Trinajstić information content (AvgIpc) is 3.10. The molecule has 2 N–H and O–H groups in total. The molecule has 0 saturated carbocycles. The Balaban J connectivity index is 1.91. The number of carbonyl (C=O) groups is 2. The first-order valence-electron chi connectivity index (χ1n) is 8.23. The van der Waals surface area contributed by atoms with Crippen LogP contribution < -0.4 is 5.73 Å². The van der Waals surface area contributed by atoms with Gasteiger partial charge in [0.1, 0.15) is 0 Å². The highest BCUT2D eigenvalue weighted by molar-refractivity contribution is 5.97. The lowest BCUT2D eigenvalue weighted by atomic mass is 9.97. The molecule has 6 nitrogen and oxygen atoms in total. The molecule has 1 aliphatic heterocycles. The molecule has 3 rings (SSSR count). The molecule has 1 aliphatic rings. The summed E-state index contributed by atoms with van der Waals surface area (Å²) in [5.74, 6) is -0.521. The Bertz CT molecular complexity index is 819. The van der Waals surface area contributed by atoms with Crippen molar-refractivity contribution in [1.82, 2.24) is 9.88 Å². The molecule has 0 spiro atoms. The number of hydrogen-bond donors (Lipinski definition) is 1. The molecule has 130 valence electrons. The first-order valence-corrected chi connectivity index (χ1v) is 8.23. The smallest absolute Gasteiger partial charge is 0.337 e. The van der Waals surface area contributed by atoms with Crippen molar-refractivity contribution in [3.05, 3.63) is 58.9 Å². The van der Waals surface area contributed by atoms with E-state index in [1.165, 1.54) is 7.11 Å². The number of amides is 1. The summed E-state index contributed by atoms with van der Waals surface area (Å²) in [4.78, 5) is 30.5. The van der Waals surface area contributed by atoms with E-state index in [0.717, 1.165) is 24.0 Å². The van der Waals surface area contributed by atoms with Crippen LogP contribution in [0.3, 0.4) is 0 Å². The molecule has 2 aromatic rings. The normalized spacial score (nSPS) is 16.7. The summed E-state index contributed by atoms with van der Waals surface area (Å²) < 4.78 is 4.76. The Labute approximate surface area is 146 Å². The van der Waals surface area contributed by atoms with Gasteiger partial charge in [-0.2, -0.15) is 0 Å². The van der Waals surface area contributed by atoms with Crippen LogP contribution >= 0.6 is 0 Å². The summed E-state index contributed by atoms with van der Waals surface area (Å²) in [5, 5.41) is 0. The minimum absolute atomic E-state index is 0.0411. The van der Waals surface area contributed by atoms with Crippen LogP contribution in [0.5, 0.6) is 0 Å². The predicted octanol–water partition coefficient (Wildman–Crippen LogP) is 2.74. The Hall–Kier alpha value is -2.89. The van der Waals surface area contributed by atoms with Gasteiger partial charge in [-0.25, -0.2) is 9.78 Å². The number of pyridine rings is 1. The Kier molecular flexibility index (Phi) is 4.70. The summed E-state index contributed by atoms with van der Waals surface area (Å²) in [7, 11) is 1.36. The molecule has 1 fully saturated rings. The maximum absolute atomic E-state index is 12.9. The highest BCUT2D eigenvalue weighted by Gasteiger charge is 2.32. The third-order valence-corrected chi connectivity index (χ3v) is 4.61. The van der Waals surface area contributed by atoms with Gasteiger partial charge in [0.25, 0.3) is 5.91 Å². The zero-order valence-electron chi connectivity index (χ0n) is 14.4. The molecule has 0 aliphatic carbocycles. The zero-order chi connectivity index (χ0) is 18.0. The second kappa shape index (κ2) is 6.93. The Morgan fingerprint density at radius 2 is 2.12 bits per heavy atom. The van der Waals surface area contributed by atoms with Crippen LogP contribution in [0.25, 0.3) is 0 Å². The minimum atomic E-state index is -0.365. The van der Waals surface area contributed by atoms with E-state index in [0.29, 0.717) is 23.5 Å². The molecule has 0 bridgehead atoms. The molecule has 1 amide bonds. The first kappa shape index (κ1) is 17.0. The van der Waals surface area contributed by atoms with E-state index < -0.39 is 0 Å². The number of hydrogen-bond acceptors (Lipinski definition) is 5. The number of ether oxygens (including phenoxy) is 1. The topological polar surface area (TPSA) is 85.5 Å². The van der Waals surface area contributed by atoms with E-state index in [1.807, 2.05) is 17.9 Å². The third kappa shape index (κ3) is 3.20. The lowest BCUT2D eigenvalue weighted by Crippen LogP contribution is -2.32. The number of likely N-dealkylation sites (tertiary alicyclic amines) is 1. The molecular weight excluding hydrogens is 318 g/mol. The first-order chi connectivity index (χ1) is 12.0. The highest BCUT2D eigenvalue weighted by atomic mass is 16.5. The molecule has 6 heteroatoms. The highest BCUT2D eigenvalue weighted by Crippen LogP contribution is 2.35. The van der Waals surface area contributed by atoms with Gasteiger partial charge in [-0.15, -0.1) is 0 Å². The SMILES string of the molecule is COC(=O)c1ccc([C@H]2CCCN2C(=O)c2ncccc2N)c(C)c1. The molecule has 1 aromatic carbocycles. The minimum Gasteiger partial charge on any atom is -0.465 e. The van der Waals surface area contributed by atoms with E-state index in [1.54, 1.807) is 30.5 Å². The van der Waals surface area contributed by atoms with Crippen molar-refractivity contribution in [2.45, 2.75) is 25.8 Å². The van der Waals surface area contributed by atoms with Gasteiger partial charge in [0.2, 0.25) is 0 Å². The van der Waals surface area contributed by atoms with Crippen molar-refractivity contribution in [2.24, 2.45) is 0 Å². The lowest BCUT2D eigenvalue weighted by molar-refractivity contribution is 0.0599. The largest absolute Gasteiger partial charge is 0.465 e. The monoisotopic (exact) mass is 339 g/mol. The number of benzene rings is 1. The van der Waals surface area contributed by atoms with Crippen molar-refractivity contribution in [3.8, 4) is 0 Å². The van der Waals surface area contributed by atoms with E-state index in [2.05, 4.69) is 4.98 Å². The fourth-order valence-electron chi connectivity index (χ4n) is 3.36. The second-order valence-corrected chi connectivity index (χ2v) is 6.16. The molecule has 1 saturated heterocycles. The maximum atomic E-state index is 12.9. The fraction of sp³-hybridized carbons (Fsp3) is 0.316.